The van der Waals surface area contributed by atoms with Crippen LogP contribution in [0.15, 0.2) is 36.7 Å². The molecule has 1 amide bonds. The van der Waals surface area contributed by atoms with Gasteiger partial charge in [0.25, 0.3) is 5.91 Å². The highest BCUT2D eigenvalue weighted by atomic mass is 19.1. The highest BCUT2D eigenvalue weighted by Crippen LogP contribution is 2.19. The van der Waals surface area contributed by atoms with Gasteiger partial charge in [0.05, 0.1) is 5.52 Å². The fraction of sp³-hybridized carbons (Fsp3) is 0.250. The monoisotopic (exact) mass is 326 g/mol. The van der Waals surface area contributed by atoms with Gasteiger partial charge < -0.3 is 9.80 Å². The van der Waals surface area contributed by atoms with Crippen molar-refractivity contribution in [3.05, 3.63) is 48.2 Å². The average molecular weight is 326 g/mol. The molecule has 24 heavy (non-hydrogen) atoms. The molecule has 3 aromatic rings. The van der Waals surface area contributed by atoms with Crippen LogP contribution in [0.5, 0.6) is 0 Å². The van der Waals surface area contributed by atoms with E-state index in [2.05, 4.69) is 20.2 Å². The van der Waals surface area contributed by atoms with Gasteiger partial charge in [-0.15, -0.1) is 0 Å². The van der Waals surface area contributed by atoms with Gasteiger partial charge in [0.1, 0.15) is 5.82 Å². The van der Waals surface area contributed by atoms with Gasteiger partial charge in [0.2, 0.25) is 5.95 Å². The molecule has 122 valence electrons. The van der Waals surface area contributed by atoms with E-state index in [0.717, 1.165) is 0 Å². The molecule has 0 unspecified atom stereocenters. The summed E-state index contributed by atoms with van der Waals surface area (Å²) in [6.45, 7) is 2.44. The third-order valence-electron chi connectivity index (χ3n) is 4.13. The second-order valence-corrected chi connectivity index (χ2v) is 5.59. The number of piperazine rings is 1. The Hall–Kier alpha value is -3.03. The number of H-pyrrole nitrogens is 1. The zero-order valence-corrected chi connectivity index (χ0v) is 12.8. The number of carbonyl (C=O) groups is 1. The maximum absolute atomic E-state index is 13.2. The topological polar surface area (TPSA) is 78.0 Å². The Bertz CT molecular complexity index is 873. The van der Waals surface area contributed by atoms with Crippen molar-refractivity contribution in [3.8, 4) is 0 Å². The molecular weight excluding hydrogens is 311 g/mol. The lowest BCUT2D eigenvalue weighted by Gasteiger charge is -2.34. The van der Waals surface area contributed by atoms with Crippen LogP contribution < -0.4 is 4.90 Å². The van der Waals surface area contributed by atoms with Gasteiger partial charge >= 0.3 is 0 Å². The summed E-state index contributed by atoms with van der Waals surface area (Å²) in [4.78, 5) is 25.0. The zero-order chi connectivity index (χ0) is 16.5. The lowest BCUT2D eigenvalue weighted by atomic mass is 10.2. The van der Waals surface area contributed by atoms with Crippen molar-refractivity contribution < 1.29 is 9.18 Å². The fourth-order valence-corrected chi connectivity index (χ4v) is 2.87. The molecule has 0 atom stereocenters. The standard InChI is InChI=1S/C16H15FN6O/c17-11-2-3-12-13(10-11)20-21-14(12)15(24)22-6-8-23(9-7-22)16-18-4-1-5-19-16/h1-5,10H,6-9H2,(H,20,21). The van der Waals surface area contributed by atoms with E-state index < -0.39 is 0 Å². The smallest absolute Gasteiger partial charge is 0.275 e. The zero-order valence-electron chi connectivity index (χ0n) is 12.8. The van der Waals surface area contributed by atoms with E-state index in [1.54, 1.807) is 29.4 Å². The summed E-state index contributed by atoms with van der Waals surface area (Å²) in [5.74, 6) is 0.161. The molecule has 0 saturated carbocycles. The summed E-state index contributed by atoms with van der Waals surface area (Å²) < 4.78 is 13.2. The van der Waals surface area contributed by atoms with E-state index in [9.17, 15) is 9.18 Å². The Morgan fingerprint density at radius 1 is 1.12 bits per heavy atom. The highest BCUT2D eigenvalue weighted by Gasteiger charge is 2.26. The number of benzene rings is 1. The normalized spacial score (nSPS) is 15.0. The molecule has 1 fully saturated rings. The molecule has 8 heteroatoms. The van der Waals surface area contributed by atoms with Crippen molar-refractivity contribution in [2.75, 3.05) is 31.1 Å². The minimum Gasteiger partial charge on any atom is -0.337 e. The number of nitrogens with zero attached hydrogens (tertiary/aromatic N) is 5. The van der Waals surface area contributed by atoms with Crippen LogP contribution in [-0.2, 0) is 0 Å². The molecule has 2 aromatic heterocycles. The first-order valence-electron chi connectivity index (χ1n) is 7.67. The third kappa shape index (κ3) is 2.55. The van der Waals surface area contributed by atoms with Crippen LogP contribution in [0.1, 0.15) is 10.5 Å². The maximum atomic E-state index is 13.2. The van der Waals surface area contributed by atoms with Crippen molar-refractivity contribution >= 4 is 22.8 Å². The second kappa shape index (κ2) is 5.88. The Morgan fingerprint density at radius 2 is 1.88 bits per heavy atom. The van der Waals surface area contributed by atoms with Crippen LogP contribution in [0.25, 0.3) is 10.9 Å². The number of fused-ring (bicyclic) bond motifs is 1. The third-order valence-corrected chi connectivity index (χ3v) is 4.13. The molecule has 0 spiro atoms. The summed E-state index contributed by atoms with van der Waals surface area (Å²) in [6, 6.07) is 6.02. The molecule has 1 aromatic carbocycles. The predicted octanol–water partition coefficient (Wildman–Crippen LogP) is 1.45. The van der Waals surface area contributed by atoms with Crippen LogP contribution in [0.2, 0.25) is 0 Å². The van der Waals surface area contributed by atoms with Gasteiger partial charge in [-0.1, -0.05) is 0 Å². The van der Waals surface area contributed by atoms with Gasteiger partial charge in [0.15, 0.2) is 5.69 Å². The Balaban J connectivity index is 1.50. The summed E-state index contributed by atoms with van der Waals surface area (Å²) in [5, 5.41) is 7.42. The number of halogens is 1. The van der Waals surface area contributed by atoms with Crippen molar-refractivity contribution in [3.63, 3.8) is 0 Å². The molecule has 7 nitrogen and oxygen atoms in total. The number of anilines is 1. The molecule has 0 bridgehead atoms. The number of rotatable bonds is 2. The van der Waals surface area contributed by atoms with E-state index in [-0.39, 0.29) is 11.7 Å². The van der Waals surface area contributed by atoms with Gasteiger partial charge in [-0.2, -0.15) is 5.10 Å². The second-order valence-electron chi connectivity index (χ2n) is 5.59. The number of aromatic amines is 1. The molecule has 3 heterocycles. The molecule has 1 N–H and O–H groups in total. The largest absolute Gasteiger partial charge is 0.337 e. The van der Waals surface area contributed by atoms with Crippen LogP contribution in [-0.4, -0.2) is 57.2 Å². The summed E-state index contributed by atoms with van der Waals surface area (Å²) >= 11 is 0. The van der Waals surface area contributed by atoms with Gasteiger partial charge in [-0.25, -0.2) is 14.4 Å². The van der Waals surface area contributed by atoms with Crippen molar-refractivity contribution in [2.24, 2.45) is 0 Å². The Labute approximate surface area is 137 Å². The number of aromatic nitrogens is 4. The van der Waals surface area contributed by atoms with E-state index >= 15 is 0 Å². The fourth-order valence-electron chi connectivity index (χ4n) is 2.87. The molecule has 0 aliphatic carbocycles. The lowest BCUT2D eigenvalue weighted by molar-refractivity contribution is 0.0742. The first-order valence-corrected chi connectivity index (χ1v) is 7.67. The van der Waals surface area contributed by atoms with E-state index in [0.29, 0.717) is 48.7 Å². The van der Waals surface area contributed by atoms with Crippen LogP contribution >= 0.6 is 0 Å². The number of hydrogen-bond acceptors (Lipinski definition) is 5. The quantitative estimate of drug-likeness (QED) is 0.771. The van der Waals surface area contributed by atoms with E-state index in [1.165, 1.54) is 12.1 Å². The molecule has 1 saturated heterocycles. The summed E-state index contributed by atoms with van der Waals surface area (Å²) in [5.41, 5.74) is 0.851. The first kappa shape index (κ1) is 14.6. The van der Waals surface area contributed by atoms with Gasteiger partial charge in [-0.3, -0.25) is 9.89 Å². The van der Waals surface area contributed by atoms with Crippen LogP contribution in [0.4, 0.5) is 10.3 Å². The van der Waals surface area contributed by atoms with Crippen molar-refractivity contribution in [1.29, 1.82) is 0 Å². The molecule has 1 aliphatic heterocycles. The average Bonchev–Trinajstić information content (AvgIpc) is 3.05. The number of hydrogen-bond donors (Lipinski definition) is 1. The van der Waals surface area contributed by atoms with Gasteiger partial charge in [0, 0.05) is 44.0 Å². The minimum atomic E-state index is -0.360. The number of amides is 1. The van der Waals surface area contributed by atoms with Gasteiger partial charge in [-0.05, 0) is 24.3 Å². The van der Waals surface area contributed by atoms with Crippen molar-refractivity contribution in [2.45, 2.75) is 0 Å². The molecule has 0 radical (unpaired) electrons. The van der Waals surface area contributed by atoms with Crippen LogP contribution in [0.3, 0.4) is 0 Å². The summed E-state index contributed by atoms with van der Waals surface area (Å²) in [7, 11) is 0. The summed E-state index contributed by atoms with van der Waals surface area (Å²) in [6.07, 6.45) is 3.41. The Morgan fingerprint density at radius 3 is 2.62 bits per heavy atom. The predicted molar refractivity (Wildman–Crippen MR) is 86.2 cm³/mol. The Kier molecular flexibility index (Phi) is 3.56. The lowest BCUT2D eigenvalue weighted by Crippen LogP contribution is -2.49. The maximum Gasteiger partial charge on any atom is 0.275 e. The number of carbonyl (C=O) groups excluding carboxylic acids is 1. The number of nitrogens with one attached hydrogen (secondary N) is 1. The highest BCUT2D eigenvalue weighted by molar-refractivity contribution is 6.04. The molecule has 4 rings (SSSR count). The molecular formula is C16H15FN6O. The van der Waals surface area contributed by atoms with E-state index in [4.69, 9.17) is 0 Å². The SMILES string of the molecule is O=C(c1n[nH]c2cc(F)ccc12)N1CCN(c2ncccn2)CC1. The molecule has 1 aliphatic rings. The van der Waals surface area contributed by atoms with Crippen LogP contribution in [0, 0.1) is 5.82 Å². The van der Waals surface area contributed by atoms with Crippen molar-refractivity contribution in [1.82, 2.24) is 25.1 Å². The minimum absolute atomic E-state index is 0.151. The first-order chi connectivity index (χ1) is 11.7. The van der Waals surface area contributed by atoms with E-state index in [1.807, 2.05) is 4.90 Å².